The Morgan fingerprint density at radius 2 is 2.00 bits per heavy atom. The molecular formula is C15H13ClN4S. The van der Waals surface area contributed by atoms with Gasteiger partial charge in [0, 0.05) is 28.0 Å². The third-order valence-electron chi connectivity index (χ3n) is 2.91. The first-order valence-corrected chi connectivity index (χ1v) is 7.60. The Kier molecular flexibility index (Phi) is 3.86. The zero-order valence-corrected chi connectivity index (χ0v) is 13.2. The van der Waals surface area contributed by atoms with Gasteiger partial charge in [-0.15, -0.1) is 11.3 Å². The van der Waals surface area contributed by atoms with Crippen LogP contribution in [0.5, 0.6) is 0 Å². The van der Waals surface area contributed by atoms with Gasteiger partial charge in [-0.25, -0.2) is 15.0 Å². The molecule has 0 unspecified atom stereocenters. The molecular weight excluding hydrogens is 304 g/mol. The lowest BCUT2D eigenvalue weighted by Crippen LogP contribution is -1.98. The fourth-order valence-electron chi connectivity index (χ4n) is 1.86. The molecule has 2 heterocycles. The van der Waals surface area contributed by atoms with Gasteiger partial charge in [-0.3, -0.25) is 0 Å². The van der Waals surface area contributed by atoms with Crippen molar-refractivity contribution < 1.29 is 0 Å². The summed E-state index contributed by atoms with van der Waals surface area (Å²) in [6.45, 7) is 3.99. The Balaban J connectivity index is 1.87. The van der Waals surface area contributed by atoms with Crippen LogP contribution < -0.4 is 5.32 Å². The van der Waals surface area contributed by atoms with Gasteiger partial charge in [-0.05, 0) is 43.7 Å². The molecule has 0 aliphatic rings. The summed E-state index contributed by atoms with van der Waals surface area (Å²) in [5.74, 6) is 0.544. The quantitative estimate of drug-likeness (QED) is 0.766. The summed E-state index contributed by atoms with van der Waals surface area (Å²) < 4.78 is 0. The number of hydrogen-bond acceptors (Lipinski definition) is 5. The van der Waals surface area contributed by atoms with E-state index in [0.29, 0.717) is 5.95 Å². The zero-order chi connectivity index (χ0) is 14.8. The number of halogens is 1. The van der Waals surface area contributed by atoms with Crippen LogP contribution in [0.2, 0.25) is 5.02 Å². The third-order valence-corrected chi connectivity index (χ3v) is 4.27. The van der Waals surface area contributed by atoms with E-state index in [0.717, 1.165) is 31.9 Å². The maximum atomic E-state index is 6.03. The number of rotatable bonds is 3. The van der Waals surface area contributed by atoms with Gasteiger partial charge in [0.25, 0.3) is 0 Å². The molecule has 1 N–H and O–H groups in total. The first kappa shape index (κ1) is 14.0. The first-order valence-electron chi connectivity index (χ1n) is 6.41. The van der Waals surface area contributed by atoms with Crippen LogP contribution in [0.3, 0.4) is 0 Å². The van der Waals surface area contributed by atoms with E-state index in [2.05, 4.69) is 20.3 Å². The average molecular weight is 317 g/mol. The van der Waals surface area contributed by atoms with Crippen LogP contribution in [0.4, 0.5) is 11.6 Å². The van der Waals surface area contributed by atoms with Gasteiger partial charge in [-0.1, -0.05) is 11.6 Å². The van der Waals surface area contributed by atoms with E-state index in [9.17, 15) is 0 Å². The van der Waals surface area contributed by atoms with Crippen LogP contribution in [0, 0.1) is 13.8 Å². The lowest BCUT2D eigenvalue weighted by atomic mass is 10.2. The van der Waals surface area contributed by atoms with Crippen molar-refractivity contribution in [1.82, 2.24) is 15.0 Å². The smallest absolute Gasteiger partial charge is 0.227 e. The summed E-state index contributed by atoms with van der Waals surface area (Å²) in [4.78, 5) is 14.2. The predicted molar refractivity (Wildman–Crippen MR) is 87.3 cm³/mol. The van der Waals surface area contributed by atoms with E-state index in [1.165, 1.54) is 0 Å². The molecule has 4 nitrogen and oxygen atoms in total. The van der Waals surface area contributed by atoms with Crippen LogP contribution >= 0.6 is 22.9 Å². The summed E-state index contributed by atoms with van der Waals surface area (Å²) in [5.41, 5.74) is 2.73. The molecule has 0 bridgehead atoms. The van der Waals surface area contributed by atoms with E-state index in [1.807, 2.05) is 44.3 Å². The van der Waals surface area contributed by atoms with Gasteiger partial charge in [0.05, 0.1) is 0 Å². The number of anilines is 2. The van der Waals surface area contributed by atoms with Gasteiger partial charge in [0.1, 0.15) is 10.7 Å². The minimum atomic E-state index is 0.544. The van der Waals surface area contributed by atoms with E-state index >= 15 is 0 Å². The fourth-order valence-corrected chi connectivity index (χ4v) is 2.71. The Hall–Kier alpha value is -1.98. The minimum absolute atomic E-state index is 0.544. The Morgan fingerprint density at radius 3 is 2.71 bits per heavy atom. The molecule has 106 valence electrons. The standard InChI is InChI=1S/C15H13ClN4S/c1-9-7-11(3-4-12(9)16)19-15-17-6-5-13(20-15)14-18-8-10(2)21-14/h3-8H,1-2H3,(H,17,19,20). The molecule has 0 saturated heterocycles. The van der Waals surface area contributed by atoms with Crippen molar-refractivity contribution in [2.75, 3.05) is 5.32 Å². The van der Waals surface area contributed by atoms with Gasteiger partial charge < -0.3 is 5.32 Å². The van der Waals surface area contributed by atoms with Crippen molar-refractivity contribution in [3.8, 4) is 10.7 Å². The molecule has 21 heavy (non-hydrogen) atoms. The molecule has 0 atom stereocenters. The van der Waals surface area contributed by atoms with Gasteiger partial charge in [0.2, 0.25) is 5.95 Å². The average Bonchev–Trinajstić information content (AvgIpc) is 2.90. The van der Waals surface area contributed by atoms with Gasteiger partial charge in [-0.2, -0.15) is 0 Å². The van der Waals surface area contributed by atoms with E-state index in [1.54, 1.807) is 17.5 Å². The highest BCUT2D eigenvalue weighted by molar-refractivity contribution is 7.14. The number of nitrogens with one attached hydrogen (secondary N) is 1. The normalized spacial score (nSPS) is 10.6. The molecule has 0 fully saturated rings. The molecule has 0 aliphatic heterocycles. The highest BCUT2D eigenvalue weighted by atomic mass is 35.5. The Morgan fingerprint density at radius 1 is 1.14 bits per heavy atom. The van der Waals surface area contributed by atoms with Crippen LogP contribution in [0.1, 0.15) is 10.4 Å². The second-order valence-electron chi connectivity index (χ2n) is 4.63. The number of aromatic nitrogens is 3. The molecule has 0 spiro atoms. The van der Waals surface area contributed by atoms with E-state index in [4.69, 9.17) is 11.6 Å². The van der Waals surface area contributed by atoms with Crippen LogP contribution in [0.15, 0.2) is 36.7 Å². The van der Waals surface area contributed by atoms with Crippen molar-refractivity contribution in [3.63, 3.8) is 0 Å². The Labute approximate surface area is 131 Å². The molecule has 0 amide bonds. The van der Waals surface area contributed by atoms with E-state index < -0.39 is 0 Å². The number of thiazole rings is 1. The molecule has 0 aliphatic carbocycles. The molecule has 3 aromatic rings. The van der Waals surface area contributed by atoms with Gasteiger partial charge in [0.15, 0.2) is 0 Å². The Bertz CT molecular complexity index is 785. The highest BCUT2D eigenvalue weighted by Gasteiger charge is 2.06. The molecule has 1 aromatic carbocycles. The van der Waals surface area contributed by atoms with Crippen molar-refractivity contribution in [1.29, 1.82) is 0 Å². The second kappa shape index (κ2) is 5.79. The van der Waals surface area contributed by atoms with Crippen LogP contribution in [-0.2, 0) is 0 Å². The molecule has 0 saturated carbocycles. The number of benzene rings is 1. The second-order valence-corrected chi connectivity index (χ2v) is 6.27. The summed E-state index contributed by atoms with van der Waals surface area (Å²) in [7, 11) is 0. The van der Waals surface area contributed by atoms with Gasteiger partial charge >= 0.3 is 0 Å². The highest BCUT2D eigenvalue weighted by Crippen LogP contribution is 2.25. The lowest BCUT2D eigenvalue weighted by Gasteiger charge is -2.07. The maximum absolute atomic E-state index is 6.03. The summed E-state index contributed by atoms with van der Waals surface area (Å²) in [6.07, 6.45) is 3.57. The third kappa shape index (κ3) is 3.20. The number of hydrogen-bond donors (Lipinski definition) is 1. The fraction of sp³-hybridized carbons (Fsp3) is 0.133. The summed E-state index contributed by atoms with van der Waals surface area (Å²) in [6, 6.07) is 7.58. The zero-order valence-electron chi connectivity index (χ0n) is 11.6. The molecule has 2 aromatic heterocycles. The van der Waals surface area contributed by atoms with Crippen molar-refractivity contribution in [2.24, 2.45) is 0 Å². The van der Waals surface area contributed by atoms with Crippen molar-refractivity contribution in [2.45, 2.75) is 13.8 Å². The topological polar surface area (TPSA) is 50.7 Å². The predicted octanol–water partition coefficient (Wildman–Crippen LogP) is 4.61. The van der Waals surface area contributed by atoms with Crippen LogP contribution in [-0.4, -0.2) is 15.0 Å². The van der Waals surface area contributed by atoms with Crippen molar-refractivity contribution in [3.05, 3.63) is 52.1 Å². The minimum Gasteiger partial charge on any atom is -0.324 e. The largest absolute Gasteiger partial charge is 0.324 e. The monoisotopic (exact) mass is 316 g/mol. The molecule has 3 rings (SSSR count). The number of aryl methyl sites for hydroxylation is 2. The first-order chi connectivity index (χ1) is 10.1. The summed E-state index contributed by atoms with van der Waals surface area (Å²) in [5, 5.41) is 4.82. The lowest BCUT2D eigenvalue weighted by molar-refractivity contribution is 1.16. The van der Waals surface area contributed by atoms with Crippen molar-refractivity contribution >= 4 is 34.6 Å². The van der Waals surface area contributed by atoms with E-state index in [-0.39, 0.29) is 0 Å². The van der Waals surface area contributed by atoms with Crippen LogP contribution in [0.25, 0.3) is 10.7 Å². The summed E-state index contributed by atoms with van der Waals surface area (Å²) >= 11 is 7.64. The molecule has 6 heteroatoms. The number of nitrogens with zero attached hydrogens (tertiary/aromatic N) is 3. The maximum Gasteiger partial charge on any atom is 0.227 e. The SMILES string of the molecule is Cc1cnc(-c2ccnc(Nc3ccc(Cl)c(C)c3)n2)s1. The molecule has 0 radical (unpaired) electrons.